The molecule has 0 saturated heterocycles. The molecule has 0 spiro atoms. The van der Waals surface area contributed by atoms with E-state index in [9.17, 15) is 9.59 Å². The molecule has 0 fully saturated rings. The van der Waals surface area contributed by atoms with E-state index in [1.807, 2.05) is 6.08 Å². The Bertz CT molecular complexity index is 246. The fourth-order valence-electron chi connectivity index (χ4n) is 0.890. The van der Waals surface area contributed by atoms with Gasteiger partial charge in [0.1, 0.15) is 0 Å². The number of carbonyl (C=O) groups excluding carboxylic acids is 2. The average Bonchev–Trinajstić information content (AvgIpc) is 2.28. The number of rotatable bonds is 7. The Kier molecular flexibility index (Phi) is 8.65. The summed E-state index contributed by atoms with van der Waals surface area (Å²) in [6.45, 7) is 6.06. The average molecular weight is 245 g/mol. The summed E-state index contributed by atoms with van der Waals surface area (Å²) in [5, 5.41) is 7.55. The minimum Gasteiger partial charge on any atom is -0.341 e. The standard InChI is InChI=1S/C10H19N3O2S/c1-4-6-16-7-5-12-8(2)9(14)13-10(15)11-3/h4,8,12H,1,5-7H2,2-3H3,(H2,11,13,14,15). The first-order valence-electron chi connectivity index (χ1n) is 5.06. The third kappa shape index (κ3) is 7.30. The van der Waals surface area contributed by atoms with Crippen LogP contribution >= 0.6 is 11.8 Å². The topological polar surface area (TPSA) is 70.2 Å². The summed E-state index contributed by atoms with van der Waals surface area (Å²) in [5.41, 5.74) is 0. The maximum absolute atomic E-state index is 11.4. The molecule has 0 bridgehead atoms. The van der Waals surface area contributed by atoms with Crippen molar-refractivity contribution in [1.82, 2.24) is 16.0 Å². The van der Waals surface area contributed by atoms with Crippen LogP contribution in [-0.2, 0) is 4.79 Å². The summed E-state index contributed by atoms with van der Waals surface area (Å²) in [6.07, 6.45) is 1.84. The molecule has 5 nitrogen and oxygen atoms in total. The first kappa shape index (κ1) is 15.0. The minimum absolute atomic E-state index is 0.326. The molecule has 0 aromatic rings. The van der Waals surface area contributed by atoms with Crippen molar-refractivity contribution in [3.63, 3.8) is 0 Å². The van der Waals surface area contributed by atoms with Gasteiger partial charge in [-0.05, 0) is 6.92 Å². The Balaban J connectivity index is 3.62. The van der Waals surface area contributed by atoms with Gasteiger partial charge in [-0.2, -0.15) is 11.8 Å². The summed E-state index contributed by atoms with van der Waals surface area (Å²) in [4.78, 5) is 22.2. The first-order chi connectivity index (χ1) is 7.61. The highest BCUT2D eigenvalue weighted by atomic mass is 32.2. The van der Waals surface area contributed by atoms with Crippen LogP contribution in [0.3, 0.4) is 0 Å². The van der Waals surface area contributed by atoms with E-state index in [1.54, 1.807) is 18.7 Å². The number of nitrogens with one attached hydrogen (secondary N) is 3. The number of carbonyl (C=O) groups is 2. The molecule has 0 radical (unpaired) electrons. The smallest absolute Gasteiger partial charge is 0.321 e. The normalized spacial score (nSPS) is 11.6. The van der Waals surface area contributed by atoms with Gasteiger partial charge in [0.25, 0.3) is 0 Å². The van der Waals surface area contributed by atoms with Crippen molar-refractivity contribution in [1.29, 1.82) is 0 Å². The lowest BCUT2D eigenvalue weighted by molar-refractivity contribution is -0.121. The summed E-state index contributed by atoms with van der Waals surface area (Å²) < 4.78 is 0. The summed E-state index contributed by atoms with van der Waals surface area (Å²) in [6, 6.07) is -0.860. The van der Waals surface area contributed by atoms with Gasteiger partial charge < -0.3 is 10.6 Å². The van der Waals surface area contributed by atoms with Gasteiger partial charge in [-0.15, -0.1) is 6.58 Å². The van der Waals surface area contributed by atoms with Crippen molar-refractivity contribution in [3.8, 4) is 0 Å². The summed E-state index contributed by atoms with van der Waals surface area (Å²) in [7, 11) is 1.46. The van der Waals surface area contributed by atoms with Gasteiger partial charge in [0.05, 0.1) is 6.04 Å². The highest BCUT2D eigenvalue weighted by Gasteiger charge is 2.13. The second kappa shape index (κ2) is 9.23. The molecule has 0 rings (SSSR count). The third-order valence-electron chi connectivity index (χ3n) is 1.79. The van der Waals surface area contributed by atoms with E-state index in [-0.39, 0.29) is 11.9 Å². The van der Waals surface area contributed by atoms with E-state index in [0.717, 1.165) is 18.1 Å². The fourth-order valence-corrected chi connectivity index (χ4v) is 1.49. The van der Waals surface area contributed by atoms with E-state index in [4.69, 9.17) is 0 Å². The SMILES string of the molecule is C=CCSCCNC(C)C(=O)NC(=O)NC. The number of imide groups is 1. The molecule has 0 aromatic heterocycles. The van der Waals surface area contributed by atoms with Crippen LogP contribution in [0.1, 0.15) is 6.92 Å². The molecule has 6 heteroatoms. The third-order valence-corrected chi connectivity index (χ3v) is 2.75. The summed E-state index contributed by atoms with van der Waals surface area (Å²) >= 11 is 1.73. The van der Waals surface area contributed by atoms with Crippen LogP contribution in [0.4, 0.5) is 4.79 Å². The zero-order chi connectivity index (χ0) is 12.4. The molecule has 0 saturated carbocycles. The monoisotopic (exact) mass is 245 g/mol. The van der Waals surface area contributed by atoms with Gasteiger partial charge >= 0.3 is 6.03 Å². The molecule has 0 aromatic carbocycles. The van der Waals surface area contributed by atoms with Crippen molar-refractivity contribution < 1.29 is 9.59 Å². The lowest BCUT2D eigenvalue weighted by atomic mass is 10.3. The lowest BCUT2D eigenvalue weighted by Gasteiger charge is -2.12. The lowest BCUT2D eigenvalue weighted by Crippen LogP contribution is -2.47. The number of urea groups is 1. The summed E-state index contributed by atoms with van der Waals surface area (Å²) in [5.74, 6) is 1.48. The van der Waals surface area contributed by atoms with E-state index in [1.165, 1.54) is 7.05 Å². The maximum Gasteiger partial charge on any atom is 0.321 e. The number of thioether (sulfide) groups is 1. The van der Waals surface area contributed by atoms with Crippen LogP contribution in [0, 0.1) is 0 Å². The molecule has 1 unspecified atom stereocenters. The zero-order valence-electron chi connectivity index (χ0n) is 9.71. The first-order valence-corrected chi connectivity index (χ1v) is 6.22. The predicted octanol–water partition coefficient (Wildman–Crippen LogP) is 0.339. The molecule has 92 valence electrons. The van der Waals surface area contributed by atoms with Gasteiger partial charge in [0, 0.05) is 25.1 Å². The Morgan fingerprint density at radius 3 is 2.75 bits per heavy atom. The van der Waals surface area contributed by atoms with Crippen molar-refractivity contribution >= 4 is 23.7 Å². The number of hydrogen-bond donors (Lipinski definition) is 3. The molecule has 0 aliphatic heterocycles. The number of hydrogen-bond acceptors (Lipinski definition) is 4. The Hall–Kier alpha value is -1.01. The molecule has 3 amide bonds. The van der Waals surface area contributed by atoms with E-state index in [2.05, 4.69) is 22.5 Å². The second-order valence-corrected chi connectivity index (χ2v) is 4.26. The van der Waals surface area contributed by atoms with E-state index in [0.29, 0.717) is 0 Å². The fraction of sp³-hybridized carbons (Fsp3) is 0.600. The van der Waals surface area contributed by atoms with Gasteiger partial charge in [0.2, 0.25) is 5.91 Å². The minimum atomic E-state index is -0.486. The molecule has 1 atom stereocenters. The van der Waals surface area contributed by atoms with Crippen molar-refractivity contribution in [2.24, 2.45) is 0 Å². The van der Waals surface area contributed by atoms with Crippen LogP contribution < -0.4 is 16.0 Å². The number of amides is 3. The van der Waals surface area contributed by atoms with E-state index >= 15 is 0 Å². The molecular formula is C10H19N3O2S. The quantitative estimate of drug-likeness (QED) is 0.447. The van der Waals surface area contributed by atoms with Crippen LogP contribution in [0.25, 0.3) is 0 Å². The Labute approximate surface area is 100 Å². The Morgan fingerprint density at radius 1 is 1.50 bits per heavy atom. The highest BCUT2D eigenvalue weighted by molar-refractivity contribution is 7.99. The predicted molar refractivity (Wildman–Crippen MR) is 67.6 cm³/mol. The van der Waals surface area contributed by atoms with Crippen LogP contribution in [0.2, 0.25) is 0 Å². The van der Waals surface area contributed by atoms with Gasteiger partial charge in [-0.1, -0.05) is 6.08 Å². The van der Waals surface area contributed by atoms with Crippen LogP contribution in [0.15, 0.2) is 12.7 Å². The molecule has 0 heterocycles. The molecular weight excluding hydrogens is 226 g/mol. The maximum atomic E-state index is 11.4. The molecule has 0 aliphatic carbocycles. The highest BCUT2D eigenvalue weighted by Crippen LogP contribution is 1.97. The second-order valence-electron chi connectivity index (χ2n) is 3.11. The van der Waals surface area contributed by atoms with Crippen molar-refractivity contribution in [2.45, 2.75) is 13.0 Å². The molecule has 0 aliphatic rings. The van der Waals surface area contributed by atoms with Crippen molar-refractivity contribution in [2.75, 3.05) is 25.1 Å². The Morgan fingerprint density at radius 2 is 2.19 bits per heavy atom. The van der Waals surface area contributed by atoms with Crippen LogP contribution in [0.5, 0.6) is 0 Å². The van der Waals surface area contributed by atoms with Gasteiger partial charge in [-0.25, -0.2) is 4.79 Å². The molecule has 16 heavy (non-hydrogen) atoms. The van der Waals surface area contributed by atoms with Gasteiger partial charge in [0.15, 0.2) is 0 Å². The zero-order valence-corrected chi connectivity index (χ0v) is 10.5. The van der Waals surface area contributed by atoms with Gasteiger partial charge in [-0.3, -0.25) is 10.1 Å². The molecule has 3 N–H and O–H groups in total. The van der Waals surface area contributed by atoms with Crippen LogP contribution in [-0.4, -0.2) is 43.1 Å². The van der Waals surface area contributed by atoms with Crippen molar-refractivity contribution in [3.05, 3.63) is 12.7 Å². The largest absolute Gasteiger partial charge is 0.341 e. The van der Waals surface area contributed by atoms with E-state index < -0.39 is 6.03 Å².